The number of nitrogens with zero attached hydrogens (tertiary/aromatic N) is 2. The number of nitriles is 1. The van der Waals surface area contributed by atoms with Crippen molar-refractivity contribution in [3.05, 3.63) is 34.9 Å². The Morgan fingerprint density at radius 1 is 1.55 bits per heavy atom. The SMILES string of the molecule is CC1CC=C(c2ccc(OCC#N)cc2Cl)N(C)C1=O. The summed E-state index contributed by atoms with van der Waals surface area (Å²) in [4.78, 5) is 13.6. The van der Waals surface area contributed by atoms with Crippen LogP contribution >= 0.6 is 11.6 Å². The van der Waals surface area contributed by atoms with Crippen molar-refractivity contribution in [2.75, 3.05) is 13.7 Å². The summed E-state index contributed by atoms with van der Waals surface area (Å²) < 4.78 is 5.20. The Hall–Kier alpha value is -1.99. The molecule has 0 saturated heterocycles. The largest absolute Gasteiger partial charge is 0.479 e. The molecule has 20 heavy (non-hydrogen) atoms. The molecule has 5 heteroatoms. The van der Waals surface area contributed by atoms with Gasteiger partial charge in [0.25, 0.3) is 0 Å². The van der Waals surface area contributed by atoms with Gasteiger partial charge in [0, 0.05) is 24.2 Å². The lowest BCUT2D eigenvalue weighted by atomic mass is 9.98. The Balaban J connectivity index is 2.30. The van der Waals surface area contributed by atoms with Gasteiger partial charge >= 0.3 is 0 Å². The Morgan fingerprint density at radius 2 is 2.30 bits per heavy atom. The quantitative estimate of drug-likeness (QED) is 0.859. The number of ether oxygens (including phenoxy) is 1. The second-order valence-corrected chi connectivity index (χ2v) is 5.12. The number of carbonyl (C=O) groups excluding carboxylic acids is 1. The predicted octanol–water partition coefficient (Wildman–Crippen LogP) is 3.08. The van der Waals surface area contributed by atoms with E-state index in [-0.39, 0.29) is 18.4 Å². The standard InChI is InChI=1S/C15H15ClN2O2/c1-10-3-6-14(18(2)15(10)19)12-5-4-11(9-13(12)16)20-8-7-17/h4-6,9-10H,3,8H2,1-2H3. The fraction of sp³-hybridized carbons (Fsp3) is 0.333. The van der Waals surface area contributed by atoms with Crippen LogP contribution in [0.2, 0.25) is 5.02 Å². The zero-order valence-electron chi connectivity index (χ0n) is 11.4. The van der Waals surface area contributed by atoms with E-state index in [1.165, 1.54) is 0 Å². The Kier molecular flexibility index (Phi) is 4.31. The Morgan fingerprint density at radius 3 is 2.95 bits per heavy atom. The second kappa shape index (κ2) is 5.98. The molecule has 2 rings (SSSR count). The number of benzene rings is 1. The number of halogens is 1. The highest BCUT2D eigenvalue weighted by Gasteiger charge is 2.26. The van der Waals surface area contributed by atoms with Gasteiger partial charge in [-0.2, -0.15) is 5.26 Å². The van der Waals surface area contributed by atoms with Crippen molar-refractivity contribution in [2.24, 2.45) is 5.92 Å². The van der Waals surface area contributed by atoms with E-state index in [1.54, 1.807) is 30.1 Å². The average molecular weight is 291 g/mol. The summed E-state index contributed by atoms with van der Waals surface area (Å²) in [5.74, 6) is 0.628. The van der Waals surface area contributed by atoms with E-state index >= 15 is 0 Å². The van der Waals surface area contributed by atoms with E-state index in [1.807, 2.05) is 19.1 Å². The van der Waals surface area contributed by atoms with E-state index < -0.39 is 0 Å². The molecule has 0 radical (unpaired) electrons. The molecule has 1 heterocycles. The molecule has 0 aromatic heterocycles. The van der Waals surface area contributed by atoms with E-state index in [4.69, 9.17) is 21.6 Å². The van der Waals surface area contributed by atoms with Crippen molar-refractivity contribution in [1.29, 1.82) is 5.26 Å². The monoisotopic (exact) mass is 290 g/mol. The Labute approximate surface area is 123 Å². The summed E-state index contributed by atoms with van der Waals surface area (Å²) in [5, 5.41) is 8.98. The van der Waals surface area contributed by atoms with Gasteiger partial charge in [-0.1, -0.05) is 24.6 Å². The van der Waals surface area contributed by atoms with Crippen molar-refractivity contribution < 1.29 is 9.53 Å². The topological polar surface area (TPSA) is 53.3 Å². The summed E-state index contributed by atoms with van der Waals surface area (Å²) in [6.45, 7) is 1.89. The highest BCUT2D eigenvalue weighted by molar-refractivity contribution is 6.32. The van der Waals surface area contributed by atoms with E-state index in [0.29, 0.717) is 17.2 Å². The molecule has 104 valence electrons. The van der Waals surface area contributed by atoms with Crippen LogP contribution in [0.25, 0.3) is 5.70 Å². The smallest absolute Gasteiger partial charge is 0.229 e. The number of amides is 1. The minimum absolute atomic E-state index is 0.000704. The molecule has 1 aromatic carbocycles. The lowest BCUT2D eigenvalue weighted by Crippen LogP contribution is -2.33. The second-order valence-electron chi connectivity index (χ2n) is 4.71. The number of hydrogen-bond donors (Lipinski definition) is 0. The maximum absolute atomic E-state index is 12.0. The number of rotatable bonds is 3. The Bertz CT molecular complexity index is 604. The molecule has 1 aliphatic heterocycles. The third-order valence-electron chi connectivity index (χ3n) is 3.30. The van der Waals surface area contributed by atoms with Crippen LogP contribution in [0.5, 0.6) is 5.75 Å². The molecule has 4 nitrogen and oxygen atoms in total. The number of allylic oxidation sites excluding steroid dienone is 1. The van der Waals surface area contributed by atoms with Crippen LogP contribution in [-0.2, 0) is 4.79 Å². The molecule has 1 atom stereocenters. The molecule has 0 fully saturated rings. The van der Waals surface area contributed by atoms with Crippen LogP contribution in [0.3, 0.4) is 0 Å². The van der Waals surface area contributed by atoms with E-state index in [0.717, 1.165) is 11.3 Å². The number of carbonyl (C=O) groups is 1. The summed E-state index contributed by atoms with van der Waals surface area (Å²) >= 11 is 6.25. The lowest BCUT2D eigenvalue weighted by Gasteiger charge is -2.29. The molecule has 0 N–H and O–H groups in total. The van der Waals surface area contributed by atoms with Gasteiger partial charge in [-0.3, -0.25) is 4.79 Å². The van der Waals surface area contributed by atoms with Gasteiger partial charge in [0.05, 0.1) is 5.02 Å². The van der Waals surface area contributed by atoms with Crippen molar-refractivity contribution in [3.8, 4) is 11.8 Å². The minimum atomic E-state index is -0.0196. The van der Waals surface area contributed by atoms with Crippen LogP contribution in [0, 0.1) is 17.2 Å². The minimum Gasteiger partial charge on any atom is -0.479 e. The first-order chi connectivity index (χ1) is 9.54. The molecule has 0 saturated carbocycles. The zero-order chi connectivity index (χ0) is 14.7. The molecule has 0 bridgehead atoms. The first-order valence-corrected chi connectivity index (χ1v) is 6.69. The highest BCUT2D eigenvalue weighted by Crippen LogP contribution is 2.33. The van der Waals surface area contributed by atoms with Gasteiger partial charge in [0.15, 0.2) is 6.61 Å². The van der Waals surface area contributed by atoms with Gasteiger partial charge < -0.3 is 9.64 Å². The normalized spacial score (nSPS) is 18.5. The molecular weight excluding hydrogens is 276 g/mol. The van der Waals surface area contributed by atoms with Crippen LogP contribution < -0.4 is 4.74 Å². The lowest BCUT2D eigenvalue weighted by molar-refractivity contribution is -0.131. The molecule has 1 unspecified atom stereocenters. The van der Waals surface area contributed by atoms with E-state index in [2.05, 4.69) is 0 Å². The first kappa shape index (κ1) is 14.4. The summed E-state index contributed by atoms with van der Waals surface area (Å²) in [7, 11) is 1.75. The van der Waals surface area contributed by atoms with E-state index in [9.17, 15) is 4.79 Å². The fourth-order valence-electron chi connectivity index (χ4n) is 2.18. The van der Waals surface area contributed by atoms with Crippen molar-refractivity contribution in [2.45, 2.75) is 13.3 Å². The van der Waals surface area contributed by atoms with Crippen LogP contribution in [0.4, 0.5) is 0 Å². The highest BCUT2D eigenvalue weighted by atomic mass is 35.5. The predicted molar refractivity (Wildman–Crippen MR) is 77.1 cm³/mol. The van der Waals surface area contributed by atoms with Gasteiger partial charge in [-0.05, 0) is 24.6 Å². The number of hydrogen-bond acceptors (Lipinski definition) is 3. The van der Waals surface area contributed by atoms with Gasteiger partial charge in [0.1, 0.15) is 11.8 Å². The molecule has 0 spiro atoms. The van der Waals surface area contributed by atoms with Gasteiger partial charge in [0.2, 0.25) is 5.91 Å². The molecule has 1 aromatic rings. The van der Waals surface area contributed by atoms with Crippen LogP contribution in [0.1, 0.15) is 18.9 Å². The average Bonchev–Trinajstić information content (AvgIpc) is 2.44. The maximum atomic E-state index is 12.0. The summed E-state index contributed by atoms with van der Waals surface area (Å²) in [6, 6.07) is 7.11. The zero-order valence-corrected chi connectivity index (χ0v) is 12.1. The summed E-state index contributed by atoms with van der Waals surface area (Å²) in [6.07, 6.45) is 2.73. The van der Waals surface area contributed by atoms with Crippen molar-refractivity contribution in [1.82, 2.24) is 4.90 Å². The molecule has 1 amide bonds. The third kappa shape index (κ3) is 2.78. The van der Waals surface area contributed by atoms with Crippen LogP contribution in [0.15, 0.2) is 24.3 Å². The summed E-state index contributed by atoms with van der Waals surface area (Å²) in [5.41, 5.74) is 1.60. The fourth-order valence-corrected chi connectivity index (χ4v) is 2.44. The van der Waals surface area contributed by atoms with Gasteiger partial charge in [-0.25, -0.2) is 0 Å². The first-order valence-electron chi connectivity index (χ1n) is 6.32. The van der Waals surface area contributed by atoms with Crippen molar-refractivity contribution in [3.63, 3.8) is 0 Å². The van der Waals surface area contributed by atoms with Gasteiger partial charge in [-0.15, -0.1) is 0 Å². The molecule has 0 aliphatic carbocycles. The maximum Gasteiger partial charge on any atom is 0.229 e. The third-order valence-corrected chi connectivity index (χ3v) is 3.61. The van der Waals surface area contributed by atoms with Crippen molar-refractivity contribution >= 4 is 23.2 Å². The molecule has 1 aliphatic rings. The molecular formula is C15H15ClN2O2. The van der Waals surface area contributed by atoms with Crippen LogP contribution in [-0.4, -0.2) is 24.5 Å².